The summed E-state index contributed by atoms with van der Waals surface area (Å²) in [7, 11) is 0. The lowest BCUT2D eigenvalue weighted by Crippen LogP contribution is -2.17. The molecule has 2 heteroatoms. The molecule has 2 nitrogen and oxygen atoms in total. The highest BCUT2D eigenvalue weighted by Crippen LogP contribution is 2.48. The van der Waals surface area contributed by atoms with E-state index in [1.807, 2.05) is 12.3 Å². The normalized spacial score (nSPS) is 22.3. The van der Waals surface area contributed by atoms with Crippen molar-refractivity contribution in [2.24, 2.45) is 5.92 Å². The summed E-state index contributed by atoms with van der Waals surface area (Å²) in [6, 6.07) is 10.7. The smallest absolute Gasteiger partial charge is 0.0736 e. The Labute approximate surface area is 108 Å². The number of fused-ring (bicyclic) bond motifs is 1. The predicted octanol–water partition coefficient (Wildman–Crippen LogP) is 3.34. The quantitative estimate of drug-likeness (QED) is 0.811. The van der Waals surface area contributed by atoms with Gasteiger partial charge in [-0.1, -0.05) is 31.2 Å². The zero-order chi connectivity index (χ0) is 12.4. The highest BCUT2D eigenvalue weighted by molar-refractivity contribution is 5.82. The van der Waals surface area contributed by atoms with Gasteiger partial charge < -0.3 is 5.32 Å². The number of nitrogens with one attached hydrogen (secondary N) is 1. The number of hydrogen-bond donors (Lipinski definition) is 1. The second-order valence-corrected chi connectivity index (χ2v) is 5.23. The molecule has 1 aromatic heterocycles. The van der Waals surface area contributed by atoms with Gasteiger partial charge in [-0.15, -0.1) is 0 Å². The number of para-hydroxylation sites is 1. The van der Waals surface area contributed by atoms with Crippen molar-refractivity contribution in [3.05, 3.63) is 42.1 Å². The molecule has 1 aromatic carbocycles. The molecule has 1 heterocycles. The van der Waals surface area contributed by atoms with Gasteiger partial charge in [0.25, 0.3) is 0 Å². The van der Waals surface area contributed by atoms with E-state index in [2.05, 4.69) is 41.5 Å². The highest BCUT2D eigenvalue weighted by Gasteiger charge is 2.38. The van der Waals surface area contributed by atoms with Crippen molar-refractivity contribution in [1.29, 1.82) is 0 Å². The van der Waals surface area contributed by atoms with Crippen molar-refractivity contribution >= 4 is 10.9 Å². The van der Waals surface area contributed by atoms with Crippen LogP contribution in [0, 0.1) is 5.92 Å². The molecular formula is C16H20N2. The van der Waals surface area contributed by atoms with Crippen LogP contribution >= 0.6 is 0 Å². The van der Waals surface area contributed by atoms with Gasteiger partial charge in [0.15, 0.2) is 0 Å². The van der Waals surface area contributed by atoms with Crippen molar-refractivity contribution in [1.82, 2.24) is 10.3 Å². The third-order valence-corrected chi connectivity index (χ3v) is 3.82. The first kappa shape index (κ1) is 11.7. The maximum Gasteiger partial charge on any atom is 0.0736 e. The molecule has 2 aromatic rings. The molecular weight excluding hydrogens is 220 g/mol. The first-order valence-electron chi connectivity index (χ1n) is 6.94. The van der Waals surface area contributed by atoms with Crippen LogP contribution in [-0.2, 0) is 0 Å². The Morgan fingerprint density at radius 2 is 2.17 bits per heavy atom. The van der Waals surface area contributed by atoms with Crippen LogP contribution in [0.15, 0.2) is 36.5 Å². The molecule has 2 atom stereocenters. The predicted molar refractivity (Wildman–Crippen MR) is 75.8 cm³/mol. The van der Waals surface area contributed by atoms with Crippen molar-refractivity contribution in [3.8, 4) is 0 Å². The van der Waals surface area contributed by atoms with Crippen molar-refractivity contribution in [2.75, 3.05) is 13.1 Å². The molecule has 1 saturated carbocycles. The number of rotatable bonds is 5. The molecule has 1 fully saturated rings. The van der Waals surface area contributed by atoms with Crippen LogP contribution < -0.4 is 5.32 Å². The van der Waals surface area contributed by atoms with E-state index < -0.39 is 0 Å². The first-order valence-corrected chi connectivity index (χ1v) is 6.94. The Morgan fingerprint density at radius 3 is 3.06 bits per heavy atom. The molecule has 0 bridgehead atoms. The SMILES string of the molecule is CCCNCC1CC1c1cccc2cccnc12. The Balaban J connectivity index is 1.76. The largest absolute Gasteiger partial charge is 0.316 e. The minimum Gasteiger partial charge on any atom is -0.316 e. The molecule has 0 radical (unpaired) electrons. The average Bonchev–Trinajstić information content (AvgIpc) is 3.18. The van der Waals surface area contributed by atoms with Crippen LogP contribution in [0.2, 0.25) is 0 Å². The number of benzene rings is 1. The summed E-state index contributed by atoms with van der Waals surface area (Å²) in [4.78, 5) is 4.55. The van der Waals surface area contributed by atoms with Gasteiger partial charge in [-0.3, -0.25) is 4.98 Å². The number of aromatic nitrogens is 1. The lowest BCUT2D eigenvalue weighted by Gasteiger charge is -2.05. The Hall–Kier alpha value is -1.41. The van der Waals surface area contributed by atoms with Gasteiger partial charge in [-0.2, -0.15) is 0 Å². The summed E-state index contributed by atoms with van der Waals surface area (Å²) in [6.07, 6.45) is 4.43. The third-order valence-electron chi connectivity index (χ3n) is 3.82. The third kappa shape index (κ3) is 2.25. The second kappa shape index (κ2) is 5.07. The maximum atomic E-state index is 4.55. The van der Waals surface area contributed by atoms with E-state index in [0.29, 0.717) is 5.92 Å². The Morgan fingerprint density at radius 1 is 1.28 bits per heavy atom. The van der Waals surface area contributed by atoms with E-state index in [4.69, 9.17) is 0 Å². The van der Waals surface area contributed by atoms with E-state index >= 15 is 0 Å². The zero-order valence-corrected chi connectivity index (χ0v) is 10.9. The van der Waals surface area contributed by atoms with Gasteiger partial charge in [0.2, 0.25) is 0 Å². The second-order valence-electron chi connectivity index (χ2n) is 5.23. The summed E-state index contributed by atoms with van der Waals surface area (Å²) in [5, 5.41) is 4.79. The zero-order valence-electron chi connectivity index (χ0n) is 10.9. The van der Waals surface area contributed by atoms with E-state index in [1.165, 1.54) is 29.3 Å². The van der Waals surface area contributed by atoms with Gasteiger partial charge in [0.1, 0.15) is 0 Å². The summed E-state index contributed by atoms with van der Waals surface area (Å²) >= 11 is 0. The summed E-state index contributed by atoms with van der Waals surface area (Å²) in [6.45, 7) is 4.50. The Bertz CT molecular complexity index is 530. The lowest BCUT2D eigenvalue weighted by molar-refractivity contribution is 0.620. The summed E-state index contributed by atoms with van der Waals surface area (Å²) < 4.78 is 0. The molecule has 3 rings (SSSR count). The molecule has 0 aliphatic heterocycles. The maximum absolute atomic E-state index is 4.55. The number of pyridine rings is 1. The van der Waals surface area contributed by atoms with E-state index in [-0.39, 0.29) is 0 Å². The van der Waals surface area contributed by atoms with Crippen LogP contribution in [0.5, 0.6) is 0 Å². The molecule has 1 aliphatic carbocycles. The monoisotopic (exact) mass is 240 g/mol. The molecule has 0 amide bonds. The topological polar surface area (TPSA) is 24.9 Å². The van der Waals surface area contributed by atoms with Crippen LogP contribution in [0.3, 0.4) is 0 Å². The minimum atomic E-state index is 0.716. The first-order chi connectivity index (χ1) is 8.90. The fourth-order valence-corrected chi connectivity index (χ4v) is 2.75. The highest BCUT2D eigenvalue weighted by atomic mass is 14.9. The molecule has 2 unspecified atom stereocenters. The van der Waals surface area contributed by atoms with Gasteiger partial charge in [-0.25, -0.2) is 0 Å². The van der Waals surface area contributed by atoms with Crippen LogP contribution in [0.1, 0.15) is 31.2 Å². The van der Waals surface area contributed by atoms with E-state index in [0.717, 1.165) is 19.0 Å². The van der Waals surface area contributed by atoms with Gasteiger partial charge >= 0.3 is 0 Å². The van der Waals surface area contributed by atoms with Crippen LogP contribution in [-0.4, -0.2) is 18.1 Å². The molecule has 0 spiro atoms. The van der Waals surface area contributed by atoms with Gasteiger partial charge in [0, 0.05) is 11.6 Å². The minimum absolute atomic E-state index is 0.716. The summed E-state index contributed by atoms with van der Waals surface area (Å²) in [5.74, 6) is 1.53. The van der Waals surface area contributed by atoms with Gasteiger partial charge in [0.05, 0.1) is 5.52 Å². The van der Waals surface area contributed by atoms with E-state index in [9.17, 15) is 0 Å². The molecule has 18 heavy (non-hydrogen) atoms. The van der Waals surface area contributed by atoms with Crippen molar-refractivity contribution in [3.63, 3.8) is 0 Å². The molecule has 1 N–H and O–H groups in total. The fraction of sp³-hybridized carbons (Fsp3) is 0.438. The van der Waals surface area contributed by atoms with Crippen molar-refractivity contribution in [2.45, 2.75) is 25.7 Å². The number of hydrogen-bond acceptors (Lipinski definition) is 2. The summed E-state index contributed by atoms with van der Waals surface area (Å²) in [5.41, 5.74) is 2.64. The molecule has 0 saturated heterocycles. The van der Waals surface area contributed by atoms with Crippen LogP contribution in [0.25, 0.3) is 10.9 Å². The molecule has 1 aliphatic rings. The lowest BCUT2D eigenvalue weighted by atomic mass is 10.0. The molecule has 94 valence electrons. The van der Waals surface area contributed by atoms with Crippen molar-refractivity contribution < 1.29 is 0 Å². The average molecular weight is 240 g/mol. The Kier molecular flexibility index (Phi) is 3.28. The fourth-order valence-electron chi connectivity index (χ4n) is 2.75. The number of nitrogens with zero attached hydrogens (tertiary/aromatic N) is 1. The van der Waals surface area contributed by atoms with E-state index in [1.54, 1.807) is 0 Å². The standard InChI is InChI=1S/C16H20N2/c1-2-8-17-11-13-10-15(13)14-7-3-5-12-6-4-9-18-16(12)14/h3-7,9,13,15,17H,2,8,10-11H2,1H3. The van der Waals surface area contributed by atoms with Gasteiger partial charge in [-0.05, 0) is 49.4 Å². The van der Waals surface area contributed by atoms with Crippen LogP contribution in [0.4, 0.5) is 0 Å².